The van der Waals surface area contributed by atoms with E-state index in [0.29, 0.717) is 34.9 Å². The van der Waals surface area contributed by atoms with Crippen LogP contribution in [0.25, 0.3) is 22.6 Å². The number of carbonyl (C=O) groups excluding carboxylic acids is 1. The third kappa shape index (κ3) is 3.96. The number of hydrogen-bond donors (Lipinski definition) is 4. The molecule has 1 aliphatic rings. The number of fused-ring (bicyclic) bond motifs is 1. The largest absolute Gasteiger partial charge is 0.387 e. The Morgan fingerprint density at radius 1 is 1.12 bits per heavy atom. The van der Waals surface area contributed by atoms with Crippen molar-refractivity contribution in [3.63, 3.8) is 0 Å². The molecule has 3 aromatic heterocycles. The van der Waals surface area contributed by atoms with E-state index in [-0.39, 0.29) is 0 Å². The Bertz CT molecular complexity index is 1300. The van der Waals surface area contributed by atoms with Gasteiger partial charge in [-0.3, -0.25) is 14.3 Å². The van der Waals surface area contributed by atoms with E-state index in [1.807, 2.05) is 36.4 Å². The molecule has 11 nitrogen and oxygen atoms in total. The highest BCUT2D eigenvalue weighted by molar-refractivity contribution is 5.85. The van der Waals surface area contributed by atoms with Crippen LogP contribution in [0.15, 0.2) is 61.2 Å². The lowest BCUT2D eigenvalue weighted by atomic mass is 10.1. The Kier molecular flexibility index (Phi) is 5.88. The highest BCUT2D eigenvalue weighted by Crippen LogP contribution is 2.33. The van der Waals surface area contributed by atoms with Crippen molar-refractivity contribution in [2.75, 3.05) is 12.4 Å². The Hall–Kier alpha value is -3.93. The van der Waals surface area contributed by atoms with E-state index in [0.717, 1.165) is 5.56 Å². The minimum absolute atomic E-state index is 0.373. The summed E-state index contributed by atoms with van der Waals surface area (Å²) in [5, 5.41) is 26.8. The molecule has 11 heteroatoms. The quantitative estimate of drug-likeness (QED) is 0.328. The average molecular weight is 461 g/mol. The van der Waals surface area contributed by atoms with Crippen molar-refractivity contribution < 1.29 is 19.7 Å². The van der Waals surface area contributed by atoms with Gasteiger partial charge < -0.3 is 25.6 Å². The van der Waals surface area contributed by atoms with Crippen LogP contribution in [0, 0.1) is 0 Å². The van der Waals surface area contributed by atoms with Crippen molar-refractivity contribution in [1.82, 2.24) is 29.8 Å². The number of likely N-dealkylation sites (N-methyl/N-ethyl adjacent to an activating group) is 1. The summed E-state index contributed by atoms with van der Waals surface area (Å²) < 4.78 is 7.23. The summed E-state index contributed by atoms with van der Waals surface area (Å²) in [5.74, 6) is 0.352. The lowest BCUT2D eigenvalue weighted by Gasteiger charge is -2.17. The van der Waals surface area contributed by atoms with Crippen LogP contribution in [-0.2, 0) is 16.1 Å². The number of carbonyl (C=O) groups is 1. The molecule has 1 saturated heterocycles. The Morgan fingerprint density at radius 3 is 2.68 bits per heavy atom. The number of benzene rings is 1. The van der Waals surface area contributed by atoms with E-state index in [1.165, 1.54) is 17.9 Å². The number of rotatable bonds is 6. The molecule has 4 aromatic rings. The van der Waals surface area contributed by atoms with Gasteiger partial charge in [0.1, 0.15) is 12.2 Å². The van der Waals surface area contributed by atoms with Gasteiger partial charge in [-0.05, 0) is 17.7 Å². The van der Waals surface area contributed by atoms with Gasteiger partial charge in [-0.1, -0.05) is 30.3 Å². The number of aliphatic hydroxyl groups excluding tert-OH is 2. The number of anilines is 1. The van der Waals surface area contributed by atoms with Crippen LogP contribution in [0.3, 0.4) is 0 Å². The monoisotopic (exact) mass is 461 g/mol. The van der Waals surface area contributed by atoms with Crippen molar-refractivity contribution in [1.29, 1.82) is 0 Å². The number of nitrogens with zero attached hydrogens (tertiary/aromatic N) is 5. The number of nitrogens with one attached hydrogen (secondary N) is 2. The molecule has 34 heavy (non-hydrogen) atoms. The number of imidazole rings is 1. The zero-order valence-electron chi connectivity index (χ0n) is 18.2. The first kappa shape index (κ1) is 21.9. The van der Waals surface area contributed by atoms with Gasteiger partial charge in [0.15, 0.2) is 35.1 Å². The third-order valence-corrected chi connectivity index (χ3v) is 5.66. The fourth-order valence-corrected chi connectivity index (χ4v) is 3.88. The molecule has 4 heterocycles. The first-order chi connectivity index (χ1) is 16.6. The second-order valence-electron chi connectivity index (χ2n) is 7.84. The summed E-state index contributed by atoms with van der Waals surface area (Å²) in [7, 11) is 1.43. The summed E-state index contributed by atoms with van der Waals surface area (Å²) in [6, 6.07) is 13.5. The number of ether oxygens (including phenoxy) is 1. The summed E-state index contributed by atoms with van der Waals surface area (Å²) in [4.78, 5) is 30.0. The average Bonchev–Trinajstić information content (AvgIpc) is 3.44. The van der Waals surface area contributed by atoms with Gasteiger partial charge in [0, 0.05) is 31.5 Å². The summed E-state index contributed by atoms with van der Waals surface area (Å²) in [6.45, 7) is 0.506. The maximum Gasteiger partial charge on any atom is 0.251 e. The molecule has 0 unspecified atom stereocenters. The van der Waals surface area contributed by atoms with Crippen LogP contribution in [-0.4, -0.2) is 66.0 Å². The summed E-state index contributed by atoms with van der Waals surface area (Å²) in [6.07, 6.45) is -0.306. The molecule has 4 atom stereocenters. The van der Waals surface area contributed by atoms with Gasteiger partial charge in [0.2, 0.25) is 0 Å². The van der Waals surface area contributed by atoms with Crippen LogP contribution in [0.2, 0.25) is 0 Å². The van der Waals surface area contributed by atoms with Crippen LogP contribution >= 0.6 is 0 Å². The number of amides is 1. The Balaban J connectivity index is 1.57. The maximum absolute atomic E-state index is 12.1. The fraction of sp³-hybridized carbons (Fsp3) is 0.261. The zero-order valence-corrected chi connectivity index (χ0v) is 18.2. The lowest BCUT2D eigenvalue weighted by Crippen LogP contribution is -2.41. The van der Waals surface area contributed by atoms with Gasteiger partial charge in [-0.15, -0.1) is 0 Å². The zero-order chi connectivity index (χ0) is 23.7. The lowest BCUT2D eigenvalue weighted by molar-refractivity contribution is -0.137. The fourth-order valence-electron chi connectivity index (χ4n) is 3.88. The molecule has 0 radical (unpaired) electrons. The number of hydrogen-bond acceptors (Lipinski definition) is 9. The predicted octanol–water partition coefficient (Wildman–Crippen LogP) is 0.866. The van der Waals surface area contributed by atoms with E-state index in [2.05, 4.69) is 30.6 Å². The molecule has 5 rings (SSSR count). The minimum Gasteiger partial charge on any atom is -0.387 e. The minimum atomic E-state index is -1.40. The van der Waals surface area contributed by atoms with Crippen LogP contribution in [0.1, 0.15) is 11.8 Å². The van der Waals surface area contributed by atoms with Gasteiger partial charge in [-0.2, -0.15) is 0 Å². The molecule has 0 spiro atoms. The van der Waals surface area contributed by atoms with E-state index in [4.69, 9.17) is 4.74 Å². The molecule has 0 bridgehead atoms. The molecule has 174 valence electrons. The third-order valence-electron chi connectivity index (χ3n) is 5.66. The first-order valence-electron chi connectivity index (χ1n) is 10.7. The highest BCUT2D eigenvalue weighted by atomic mass is 16.6. The molecule has 0 aliphatic carbocycles. The van der Waals surface area contributed by atoms with Crippen LogP contribution in [0.5, 0.6) is 0 Å². The molecular weight excluding hydrogens is 438 g/mol. The van der Waals surface area contributed by atoms with Crippen molar-refractivity contribution in [3.8, 4) is 11.4 Å². The van der Waals surface area contributed by atoms with E-state index >= 15 is 0 Å². The Morgan fingerprint density at radius 2 is 1.94 bits per heavy atom. The maximum atomic E-state index is 12.1. The van der Waals surface area contributed by atoms with Crippen molar-refractivity contribution in [2.24, 2.45) is 0 Å². The standard InChI is InChI=1S/C23H23N7O4/c1-24-22(33)18-16(31)17(32)23(34-18)30-12-27-15-20(26-10-13-6-3-2-4-7-13)28-19(29-21(15)30)14-8-5-9-25-11-14/h2-9,11-12,16-18,23,31-32H,10H2,1H3,(H,24,33)(H,26,28,29)/t16-,17-,18-,23-/m0/s1. The van der Waals surface area contributed by atoms with E-state index in [9.17, 15) is 15.0 Å². The summed E-state index contributed by atoms with van der Waals surface area (Å²) in [5.41, 5.74) is 2.58. The van der Waals surface area contributed by atoms with E-state index < -0.39 is 30.4 Å². The summed E-state index contributed by atoms with van der Waals surface area (Å²) >= 11 is 0. The second kappa shape index (κ2) is 9.14. The number of aliphatic hydroxyl groups is 2. The molecule has 1 amide bonds. The topological polar surface area (TPSA) is 147 Å². The Labute approximate surface area is 194 Å². The van der Waals surface area contributed by atoms with Gasteiger partial charge in [0.25, 0.3) is 5.91 Å². The molecule has 1 fully saturated rings. The van der Waals surface area contributed by atoms with E-state index in [1.54, 1.807) is 18.5 Å². The van der Waals surface area contributed by atoms with Crippen molar-refractivity contribution in [2.45, 2.75) is 31.1 Å². The normalized spacial score (nSPS) is 22.1. The molecular formula is C23H23N7O4. The SMILES string of the molecule is CNC(=O)[C@H]1O[C@H](n2cnc3c(NCc4ccccc4)nc(-c4cccnc4)nc32)[C@@H](O)[C@@H]1O. The first-order valence-corrected chi connectivity index (χ1v) is 10.7. The molecule has 1 aliphatic heterocycles. The van der Waals surface area contributed by atoms with Crippen molar-refractivity contribution in [3.05, 3.63) is 66.7 Å². The van der Waals surface area contributed by atoms with Gasteiger partial charge in [-0.25, -0.2) is 15.0 Å². The smallest absolute Gasteiger partial charge is 0.251 e. The second-order valence-corrected chi connectivity index (χ2v) is 7.84. The van der Waals surface area contributed by atoms with Crippen LogP contribution in [0.4, 0.5) is 5.82 Å². The molecule has 1 aromatic carbocycles. The van der Waals surface area contributed by atoms with Gasteiger partial charge >= 0.3 is 0 Å². The van der Waals surface area contributed by atoms with Gasteiger partial charge in [0.05, 0.1) is 6.33 Å². The highest BCUT2D eigenvalue weighted by Gasteiger charge is 2.47. The number of pyridine rings is 1. The van der Waals surface area contributed by atoms with Crippen LogP contribution < -0.4 is 10.6 Å². The predicted molar refractivity (Wildman–Crippen MR) is 122 cm³/mol. The number of aromatic nitrogens is 5. The molecule has 4 N–H and O–H groups in total. The van der Waals surface area contributed by atoms with Crippen molar-refractivity contribution >= 4 is 22.9 Å². The molecule has 0 saturated carbocycles.